The van der Waals surface area contributed by atoms with Crippen molar-refractivity contribution in [3.8, 4) is 0 Å². The number of aliphatic hydroxyl groups excluding tert-OH is 3. The molecular weight excluding hydrogens is 692 g/mol. The average molecular weight is 765 g/mol. The lowest BCUT2D eigenvalue weighted by atomic mass is 9.79. The number of carbonyl (C=O) groups is 2. The van der Waals surface area contributed by atoms with Gasteiger partial charge in [-0.2, -0.15) is 0 Å². The summed E-state index contributed by atoms with van der Waals surface area (Å²) >= 11 is 0. The molecule has 4 heterocycles. The number of cyclic esters (lactones) is 1. The minimum absolute atomic E-state index is 0.0178. The number of likely N-dealkylation sites (N-methyl/N-ethyl adjacent to an activating group) is 1. The fraction of sp³-hybridized carbons (Fsp3) is 0.857. The summed E-state index contributed by atoms with van der Waals surface area (Å²) in [5, 5.41) is 34.3. The van der Waals surface area contributed by atoms with Gasteiger partial charge in [0.05, 0.1) is 49.6 Å². The van der Waals surface area contributed by atoms with Crippen LogP contribution in [0.4, 0.5) is 0 Å². The van der Waals surface area contributed by atoms with E-state index in [1.165, 1.54) is 6.42 Å². The van der Waals surface area contributed by atoms with Crippen LogP contribution in [0.1, 0.15) is 86.5 Å². The second kappa shape index (κ2) is 21.7. The molecule has 0 bridgehead atoms. The van der Waals surface area contributed by atoms with E-state index in [0.29, 0.717) is 50.9 Å². The first kappa shape index (κ1) is 45.0. The zero-order chi connectivity index (χ0) is 39.5. The van der Waals surface area contributed by atoms with E-state index in [-0.39, 0.29) is 36.1 Å². The predicted molar refractivity (Wildman–Crippen MR) is 206 cm³/mol. The van der Waals surface area contributed by atoms with Gasteiger partial charge in [0.25, 0.3) is 0 Å². The van der Waals surface area contributed by atoms with Gasteiger partial charge in [0.1, 0.15) is 12.2 Å². The van der Waals surface area contributed by atoms with E-state index in [0.717, 1.165) is 32.5 Å². The van der Waals surface area contributed by atoms with E-state index < -0.39 is 60.8 Å². The molecule has 4 rings (SSSR count). The molecule has 0 aromatic carbocycles. The molecule has 0 radical (unpaired) electrons. The van der Waals surface area contributed by atoms with Crippen LogP contribution < -0.4 is 0 Å². The Hall–Kier alpha value is -1.74. The predicted octanol–water partition coefficient (Wildman–Crippen LogP) is 3.99. The highest BCUT2D eigenvalue weighted by Crippen LogP contribution is 2.35. The fourth-order valence-corrected chi connectivity index (χ4v) is 9.03. The minimum atomic E-state index is -1.19. The third-order valence-corrected chi connectivity index (χ3v) is 12.1. The van der Waals surface area contributed by atoms with Crippen molar-refractivity contribution in [1.29, 1.82) is 0 Å². The number of likely N-dealkylation sites (tertiary alicyclic amines) is 1. The lowest BCUT2D eigenvalue weighted by Gasteiger charge is -2.47. The second-order valence-corrected chi connectivity index (χ2v) is 17.2. The first-order valence-corrected chi connectivity index (χ1v) is 20.7. The van der Waals surface area contributed by atoms with E-state index in [2.05, 4.69) is 18.7 Å². The number of hydrogen-bond donors (Lipinski definition) is 3. The number of rotatable bonds is 10. The van der Waals surface area contributed by atoms with Gasteiger partial charge in [-0.3, -0.25) is 9.59 Å². The maximum absolute atomic E-state index is 13.7. The monoisotopic (exact) mass is 765 g/mol. The van der Waals surface area contributed by atoms with Crippen LogP contribution in [0.2, 0.25) is 0 Å². The van der Waals surface area contributed by atoms with Gasteiger partial charge in [0.2, 0.25) is 0 Å². The molecule has 310 valence electrons. The van der Waals surface area contributed by atoms with Crippen LogP contribution in [0, 0.1) is 35.5 Å². The maximum atomic E-state index is 13.7. The number of ketones is 1. The number of hydrogen-bond acceptors (Lipinski definition) is 12. The first-order chi connectivity index (χ1) is 25.7. The normalized spacial score (nSPS) is 41.4. The molecule has 12 nitrogen and oxygen atoms in total. The van der Waals surface area contributed by atoms with Crippen molar-refractivity contribution in [1.82, 2.24) is 9.80 Å². The Bertz CT molecular complexity index is 1200. The highest BCUT2D eigenvalue weighted by atomic mass is 16.7. The molecule has 12 heteroatoms. The van der Waals surface area contributed by atoms with Crippen LogP contribution in [-0.4, -0.2) is 145 Å². The lowest BCUT2D eigenvalue weighted by Crippen LogP contribution is -2.63. The smallest absolute Gasteiger partial charge is 0.308 e. The quantitative estimate of drug-likeness (QED) is 0.277. The SMILES string of the molecule is CC[C@H]1OC(=O)C[C@@H](O)[C@H](C)[C@@H](OC2OC(C)C(O)C(N(C)C)C2O)[C@@H](CCN2CC(C)CC(C)C2)C[C@@H](C)C(=O)/C=C/C=C/[C@@H]1COC1CCOCC1. The van der Waals surface area contributed by atoms with Crippen molar-refractivity contribution in [2.24, 2.45) is 35.5 Å². The van der Waals surface area contributed by atoms with Crippen LogP contribution in [0.25, 0.3) is 0 Å². The number of esters is 1. The van der Waals surface area contributed by atoms with Crippen molar-refractivity contribution >= 4 is 11.8 Å². The van der Waals surface area contributed by atoms with E-state index in [4.69, 9.17) is 23.7 Å². The van der Waals surface area contributed by atoms with Gasteiger partial charge in [-0.25, -0.2) is 0 Å². The minimum Gasteiger partial charge on any atom is -0.462 e. The van der Waals surface area contributed by atoms with Gasteiger partial charge in [-0.05, 0) is 89.9 Å². The highest BCUT2D eigenvalue weighted by Gasteiger charge is 2.47. The van der Waals surface area contributed by atoms with E-state index in [9.17, 15) is 24.9 Å². The summed E-state index contributed by atoms with van der Waals surface area (Å²) in [6.45, 7) is 16.5. The number of allylic oxidation sites excluding steroid dienone is 3. The molecule has 4 aliphatic heterocycles. The summed E-state index contributed by atoms with van der Waals surface area (Å²) in [4.78, 5) is 31.5. The summed E-state index contributed by atoms with van der Waals surface area (Å²) in [6.07, 6.45) is 5.24. The van der Waals surface area contributed by atoms with E-state index in [1.54, 1.807) is 38.1 Å². The third-order valence-electron chi connectivity index (χ3n) is 12.1. The molecule has 0 amide bonds. The highest BCUT2D eigenvalue weighted by molar-refractivity contribution is 5.91. The van der Waals surface area contributed by atoms with Gasteiger partial charge >= 0.3 is 5.97 Å². The van der Waals surface area contributed by atoms with E-state index >= 15 is 0 Å². The number of carbonyl (C=O) groups excluding carboxylic acids is 2. The van der Waals surface area contributed by atoms with Gasteiger partial charge in [-0.1, -0.05) is 52.8 Å². The van der Waals surface area contributed by atoms with Crippen LogP contribution in [-0.2, 0) is 33.3 Å². The molecule has 0 aliphatic carbocycles. The summed E-state index contributed by atoms with van der Waals surface area (Å²) in [5.41, 5.74) is 0. The Labute approximate surface area is 324 Å². The number of aliphatic hydroxyl groups is 3. The van der Waals surface area contributed by atoms with Crippen molar-refractivity contribution in [3.05, 3.63) is 24.3 Å². The van der Waals surface area contributed by atoms with Crippen LogP contribution in [0.3, 0.4) is 0 Å². The Kier molecular flexibility index (Phi) is 18.1. The largest absolute Gasteiger partial charge is 0.462 e. The Morgan fingerprint density at radius 3 is 2.28 bits per heavy atom. The lowest BCUT2D eigenvalue weighted by molar-refractivity contribution is -0.304. The molecule has 0 aromatic rings. The maximum Gasteiger partial charge on any atom is 0.308 e. The first-order valence-electron chi connectivity index (χ1n) is 20.7. The molecule has 7 unspecified atom stereocenters. The fourth-order valence-electron chi connectivity index (χ4n) is 9.03. The summed E-state index contributed by atoms with van der Waals surface area (Å²) in [6, 6.07) is -0.650. The molecule has 0 spiro atoms. The number of nitrogens with zero attached hydrogens (tertiary/aromatic N) is 2. The van der Waals surface area contributed by atoms with Crippen molar-refractivity contribution in [2.75, 3.05) is 53.6 Å². The summed E-state index contributed by atoms with van der Waals surface area (Å²) in [5.74, 6) is -0.840. The van der Waals surface area contributed by atoms with Gasteiger partial charge < -0.3 is 48.8 Å². The standard InChI is InChI=1S/C42H72N2O10/c1-9-36-32(25-51-33-15-18-50-19-16-33)12-10-11-13-34(45)28(4)21-31(14-17-44-23-26(2)20-27(3)24-44)41(29(5)35(46)22-37(47)53-36)54-42-40(49)38(43(7)8)39(48)30(6)52-42/h10-13,26-33,35-36,38-42,46,48-49H,9,14-25H2,1-8H3/b12-10+,13-11+/t26?,27?,28-,29+,30?,31+,32-,35-,36-,38?,39?,40?,41-,42?/m1/s1. The third kappa shape index (κ3) is 12.9. The van der Waals surface area contributed by atoms with Crippen molar-refractivity contribution in [3.63, 3.8) is 0 Å². The topological polar surface area (TPSA) is 147 Å². The van der Waals surface area contributed by atoms with Gasteiger partial charge in [0.15, 0.2) is 12.1 Å². The van der Waals surface area contributed by atoms with Crippen LogP contribution in [0.15, 0.2) is 24.3 Å². The molecule has 14 atom stereocenters. The molecular formula is C42H72N2O10. The molecule has 3 N–H and O–H groups in total. The van der Waals surface area contributed by atoms with Gasteiger partial charge in [-0.15, -0.1) is 0 Å². The number of piperidine rings is 1. The van der Waals surface area contributed by atoms with Crippen molar-refractivity contribution in [2.45, 2.75) is 142 Å². The second-order valence-electron chi connectivity index (χ2n) is 17.2. The molecule has 3 fully saturated rings. The zero-order valence-corrected chi connectivity index (χ0v) is 34.3. The van der Waals surface area contributed by atoms with Crippen LogP contribution >= 0.6 is 0 Å². The summed E-state index contributed by atoms with van der Waals surface area (Å²) < 4.78 is 30.7. The molecule has 3 saturated heterocycles. The Balaban J connectivity index is 1.65. The molecule has 0 saturated carbocycles. The molecule has 0 aromatic heterocycles. The summed E-state index contributed by atoms with van der Waals surface area (Å²) in [7, 11) is 3.59. The Morgan fingerprint density at radius 2 is 1.63 bits per heavy atom. The van der Waals surface area contributed by atoms with Crippen LogP contribution in [0.5, 0.6) is 0 Å². The molecule has 4 aliphatic rings. The van der Waals surface area contributed by atoms with Gasteiger partial charge in [0, 0.05) is 44.1 Å². The molecule has 54 heavy (non-hydrogen) atoms. The zero-order valence-electron chi connectivity index (χ0n) is 34.3. The number of ether oxygens (including phenoxy) is 5. The van der Waals surface area contributed by atoms with E-state index in [1.807, 2.05) is 32.9 Å². The average Bonchev–Trinajstić information content (AvgIpc) is 3.12. The Morgan fingerprint density at radius 1 is 0.944 bits per heavy atom. The van der Waals surface area contributed by atoms with Crippen molar-refractivity contribution < 1.29 is 48.6 Å².